The maximum Gasteiger partial charge on any atom is 0.138 e. The minimum atomic E-state index is 0.653. The number of hydroxylamine groups is 1. The first-order chi connectivity index (χ1) is 11.4. The number of H-pyrrole nitrogens is 1. The molecule has 0 atom stereocenters. The Morgan fingerprint density at radius 2 is 1.96 bits per heavy atom. The Labute approximate surface area is 134 Å². The molecule has 0 amide bonds. The molecule has 1 aliphatic heterocycles. The molecule has 2 aromatic carbocycles. The molecule has 2 aliphatic rings. The average molecular weight is 303 g/mol. The maximum absolute atomic E-state index is 5.97. The van der Waals surface area contributed by atoms with E-state index in [9.17, 15) is 0 Å². The smallest absolute Gasteiger partial charge is 0.138 e. The summed E-state index contributed by atoms with van der Waals surface area (Å²) in [6, 6.07) is 16.4. The van der Waals surface area contributed by atoms with Gasteiger partial charge in [0.15, 0.2) is 0 Å². The van der Waals surface area contributed by atoms with E-state index in [2.05, 4.69) is 40.3 Å². The summed E-state index contributed by atoms with van der Waals surface area (Å²) in [6.07, 6.45) is 4.73. The second kappa shape index (κ2) is 4.88. The van der Waals surface area contributed by atoms with Gasteiger partial charge >= 0.3 is 0 Å². The Balaban J connectivity index is 1.46. The number of hydrogen-bond donors (Lipinski definition) is 1. The van der Waals surface area contributed by atoms with Gasteiger partial charge in [0, 0.05) is 11.5 Å². The predicted octanol–water partition coefficient (Wildman–Crippen LogP) is 4.28. The van der Waals surface area contributed by atoms with Crippen LogP contribution in [0.25, 0.3) is 22.4 Å². The summed E-state index contributed by atoms with van der Waals surface area (Å²) in [5.74, 6) is 2.69. The van der Waals surface area contributed by atoms with E-state index in [1.165, 1.54) is 12.8 Å². The fraction of sp³-hybridized carbons (Fsp3) is 0.211. The van der Waals surface area contributed by atoms with Crippen LogP contribution in [0.2, 0.25) is 0 Å². The highest BCUT2D eigenvalue weighted by Gasteiger charge is 2.32. The van der Waals surface area contributed by atoms with E-state index in [4.69, 9.17) is 4.84 Å². The van der Waals surface area contributed by atoms with Gasteiger partial charge in [-0.05, 0) is 37.1 Å². The molecule has 1 aliphatic carbocycles. The van der Waals surface area contributed by atoms with E-state index in [-0.39, 0.29) is 0 Å². The minimum absolute atomic E-state index is 0.653. The van der Waals surface area contributed by atoms with Crippen LogP contribution in [-0.4, -0.2) is 16.5 Å². The molecule has 1 saturated carbocycles. The summed E-state index contributed by atoms with van der Waals surface area (Å²) in [5, 5.41) is 1.95. The molecule has 114 valence electrons. The van der Waals surface area contributed by atoms with Gasteiger partial charge in [-0.25, -0.2) is 10.0 Å². The number of fused-ring (bicyclic) bond motifs is 1. The second-order valence-corrected chi connectivity index (χ2v) is 6.19. The number of nitrogens with zero attached hydrogens (tertiary/aromatic N) is 2. The third-order valence-corrected chi connectivity index (χ3v) is 4.45. The molecule has 0 unspecified atom stereocenters. The Morgan fingerprint density at radius 1 is 1.09 bits per heavy atom. The van der Waals surface area contributed by atoms with E-state index >= 15 is 0 Å². The molecular formula is C19H17N3O. The number of allylic oxidation sites excluding steroid dienone is 1. The van der Waals surface area contributed by atoms with Crippen LogP contribution in [0.4, 0.5) is 5.69 Å². The van der Waals surface area contributed by atoms with Crippen LogP contribution in [0.3, 0.4) is 0 Å². The largest absolute Gasteiger partial charge is 0.384 e. The standard InChI is InChI=1S/C19H17N3O/c1-2-4-14(5-3-1)19-20-16-9-8-15(12-17(16)21-19)22-11-10-18(23-22)13-6-7-13/h1-5,8-10,12-13H,6-7,11H2,(H,20,21). The van der Waals surface area contributed by atoms with Gasteiger partial charge in [-0.3, -0.25) is 0 Å². The van der Waals surface area contributed by atoms with E-state index in [0.29, 0.717) is 5.92 Å². The zero-order valence-corrected chi connectivity index (χ0v) is 12.7. The van der Waals surface area contributed by atoms with E-state index < -0.39 is 0 Å². The zero-order valence-electron chi connectivity index (χ0n) is 12.7. The van der Waals surface area contributed by atoms with Gasteiger partial charge in [-0.2, -0.15) is 0 Å². The molecular weight excluding hydrogens is 286 g/mol. The van der Waals surface area contributed by atoms with Crippen molar-refractivity contribution in [3.05, 3.63) is 60.4 Å². The lowest BCUT2D eigenvalue weighted by atomic mass is 10.2. The highest BCUT2D eigenvalue weighted by atomic mass is 16.7. The first-order valence-electron chi connectivity index (χ1n) is 8.07. The predicted molar refractivity (Wildman–Crippen MR) is 90.8 cm³/mol. The highest BCUT2D eigenvalue weighted by molar-refractivity contribution is 5.82. The molecule has 0 saturated heterocycles. The summed E-state index contributed by atoms with van der Waals surface area (Å²) >= 11 is 0. The van der Waals surface area contributed by atoms with Crippen LogP contribution >= 0.6 is 0 Å². The van der Waals surface area contributed by atoms with E-state index in [1.54, 1.807) is 0 Å². The lowest BCUT2D eigenvalue weighted by Gasteiger charge is -2.18. The van der Waals surface area contributed by atoms with Crippen molar-refractivity contribution in [2.24, 2.45) is 5.92 Å². The van der Waals surface area contributed by atoms with Crippen molar-refractivity contribution >= 4 is 16.7 Å². The lowest BCUT2D eigenvalue weighted by Crippen LogP contribution is -2.17. The summed E-state index contributed by atoms with van der Waals surface area (Å²) in [4.78, 5) is 14.1. The molecule has 1 aromatic heterocycles. The summed E-state index contributed by atoms with van der Waals surface area (Å²) < 4.78 is 0. The van der Waals surface area contributed by atoms with Gasteiger partial charge in [-0.1, -0.05) is 30.3 Å². The van der Waals surface area contributed by atoms with Crippen LogP contribution in [-0.2, 0) is 4.84 Å². The van der Waals surface area contributed by atoms with Gasteiger partial charge in [0.25, 0.3) is 0 Å². The number of imidazole rings is 1. The van der Waals surface area contributed by atoms with Crippen molar-refractivity contribution in [2.75, 3.05) is 11.6 Å². The third kappa shape index (κ3) is 2.27. The number of benzene rings is 2. The Bertz CT molecular complexity index is 893. The first-order valence-corrected chi connectivity index (χ1v) is 8.07. The van der Waals surface area contributed by atoms with Crippen LogP contribution in [0.1, 0.15) is 12.8 Å². The summed E-state index contributed by atoms with van der Waals surface area (Å²) in [5.41, 5.74) is 4.17. The number of rotatable bonds is 3. The SMILES string of the molecule is C1=C(C2CC2)ON(c2ccc3nc(-c4ccccc4)[nH]c3c2)C1. The van der Waals surface area contributed by atoms with Crippen LogP contribution in [0, 0.1) is 5.92 Å². The summed E-state index contributed by atoms with van der Waals surface area (Å²) in [6.45, 7) is 0.816. The fourth-order valence-corrected chi connectivity index (χ4v) is 3.03. The second-order valence-electron chi connectivity index (χ2n) is 6.19. The molecule has 1 N–H and O–H groups in total. The van der Waals surface area contributed by atoms with Crippen LogP contribution in [0.15, 0.2) is 60.4 Å². The normalized spacial score (nSPS) is 17.4. The van der Waals surface area contributed by atoms with Crippen molar-refractivity contribution in [1.29, 1.82) is 0 Å². The topological polar surface area (TPSA) is 41.1 Å². The van der Waals surface area contributed by atoms with Gasteiger partial charge in [-0.15, -0.1) is 0 Å². The zero-order chi connectivity index (χ0) is 15.2. The summed E-state index contributed by atoms with van der Waals surface area (Å²) in [7, 11) is 0. The average Bonchev–Trinajstić information content (AvgIpc) is 3.18. The Hall–Kier alpha value is -2.75. The molecule has 5 rings (SSSR count). The van der Waals surface area contributed by atoms with E-state index in [1.807, 2.05) is 29.3 Å². The Morgan fingerprint density at radius 3 is 2.78 bits per heavy atom. The molecule has 4 nitrogen and oxygen atoms in total. The van der Waals surface area contributed by atoms with Crippen molar-refractivity contribution in [3.8, 4) is 11.4 Å². The molecule has 2 heterocycles. The minimum Gasteiger partial charge on any atom is -0.384 e. The molecule has 0 spiro atoms. The molecule has 23 heavy (non-hydrogen) atoms. The van der Waals surface area contributed by atoms with Crippen LogP contribution in [0.5, 0.6) is 0 Å². The van der Waals surface area contributed by atoms with Crippen molar-refractivity contribution < 1.29 is 4.84 Å². The number of hydrogen-bond acceptors (Lipinski definition) is 3. The molecule has 0 bridgehead atoms. The van der Waals surface area contributed by atoms with Crippen molar-refractivity contribution in [1.82, 2.24) is 9.97 Å². The number of anilines is 1. The molecule has 4 heteroatoms. The molecule has 1 fully saturated rings. The van der Waals surface area contributed by atoms with Gasteiger partial charge < -0.3 is 9.82 Å². The van der Waals surface area contributed by atoms with Gasteiger partial charge in [0.1, 0.15) is 11.6 Å². The maximum atomic E-state index is 5.97. The number of nitrogens with one attached hydrogen (secondary N) is 1. The monoisotopic (exact) mass is 303 g/mol. The van der Waals surface area contributed by atoms with E-state index in [0.717, 1.165) is 40.4 Å². The quantitative estimate of drug-likeness (QED) is 0.785. The Kier molecular flexibility index (Phi) is 2.71. The molecule has 0 radical (unpaired) electrons. The van der Waals surface area contributed by atoms with Gasteiger partial charge in [0.05, 0.1) is 23.3 Å². The van der Waals surface area contributed by atoms with Crippen molar-refractivity contribution in [2.45, 2.75) is 12.8 Å². The van der Waals surface area contributed by atoms with Crippen molar-refractivity contribution in [3.63, 3.8) is 0 Å². The highest BCUT2D eigenvalue weighted by Crippen LogP contribution is 2.40. The first kappa shape index (κ1) is 12.8. The fourth-order valence-electron chi connectivity index (χ4n) is 3.03. The van der Waals surface area contributed by atoms with Gasteiger partial charge in [0.2, 0.25) is 0 Å². The number of aromatic amines is 1. The lowest BCUT2D eigenvalue weighted by molar-refractivity contribution is 0.198. The third-order valence-electron chi connectivity index (χ3n) is 4.45. The molecule has 3 aromatic rings. The van der Waals surface area contributed by atoms with Crippen LogP contribution < -0.4 is 5.06 Å². The number of aromatic nitrogens is 2.